The summed E-state index contributed by atoms with van der Waals surface area (Å²) in [5, 5.41) is 5.08. The van der Waals surface area contributed by atoms with Crippen LogP contribution in [0.4, 0.5) is 21.0 Å². The zero-order chi connectivity index (χ0) is 13.7. The van der Waals surface area contributed by atoms with Crippen LogP contribution in [-0.4, -0.2) is 40.3 Å². The van der Waals surface area contributed by atoms with Crippen molar-refractivity contribution < 1.29 is 9.59 Å². The van der Waals surface area contributed by atoms with Crippen LogP contribution in [0.5, 0.6) is 0 Å². The minimum atomic E-state index is -0.243. The molecule has 2 N–H and O–H groups in total. The van der Waals surface area contributed by atoms with Crippen molar-refractivity contribution >= 4 is 23.4 Å². The zero-order valence-corrected chi connectivity index (χ0v) is 11.0. The summed E-state index contributed by atoms with van der Waals surface area (Å²) in [4.78, 5) is 26.2. The first-order valence-electron chi connectivity index (χ1n) is 5.52. The van der Waals surface area contributed by atoms with Crippen molar-refractivity contribution in [1.82, 2.24) is 10.6 Å². The number of carbonyl (C=O) groups is 2. The van der Waals surface area contributed by atoms with E-state index in [1.807, 2.05) is 12.1 Å². The molecule has 1 aromatic rings. The zero-order valence-electron chi connectivity index (χ0n) is 11.0. The molecule has 0 spiro atoms. The minimum absolute atomic E-state index is 0.243. The number of hydrogen-bond donors (Lipinski definition) is 2. The van der Waals surface area contributed by atoms with Gasteiger partial charge in [0, 0.05) is 28.2 Å². The molecule has 0 saturated carbocycles. The second-order valence-corrected chi connectivity index (χ2v) is 3.72. The highest BCUT2D eigenvalue weighted by molar-refractivity contribution is 6.00. The van der Waals surface area contributed by atoms with Gasteiger partial charge >= 0.3 is 12.1 Å². The summed E-state index contributed by atoms with van der Waals surface area (Å²) in [6.07, 6.45) is 0. The first kappa shape index (κ1) is 13.8. The van der Waals surface area contributed by atoms with Gasteiger partial charge < -0.3 is 10.6 Å². The predicted octanol–water partition coefficient (Wildman–Crippen LogP) is 1.24. The number of nitrogens with one attached hydrogen (secondary N) is 2. The van der Waals surface area contributed by atoms with Crippen molar-refractivity contribution in [1.29, 1.82) is 0 Å². The van der Waals surface area contributed by atoms with Crippen LogP contribution in [0.25, 0.3) is 0 Å². The molecule has 0 aliphatic carbocycles. The lowest BCUT2D eigenvalue weighted by atomic mass is 10.2. The third-order valence-electron chi connectivity index (χ3n) is 2.64. The van der Waals surface area contributed by atoms with E-state index in [9.17, 15) is 9.59 Å². The fourth-order valence-corrected chi connectivity index (χ4v) is 1.59. The Morgan fingerprint density at radius 2 is 1.22 bits per heavy atom. The van der Waals surface area contributed by atoms with Gasteiger partial charge in [0.05, 0.1) is 11.4 Å². The van der Waals surface area contributed by atoms with Crippen molar-refractivity contribution in [3.63, 3.8) is 0 Å². The summed E-state index contributed by atoms with van der Waals surface area (Å²) in [5.74, 6) is 0. The summed E-state index contributed by atoms with van der Waals surface area (Å²) in [7, 11) is 6.42. The fraction of sp³-hybridized carbons (Fsp3) is 0.333. The number of amides is 4. The first-order chi connectivity index (χ1) is 8.52. The van der Waals surface area contributed by atoms with E-state index in [0.717, 1.165) is 0 Å². The van der Waals surface area contributed by atoms with Crippen LogP contribution in [0.1, 0.15) is 0 Å². The summed E-state index contributed by atoms with van der Waals surface area (Å²) in [6, 6.07) is 6.71. The van der Waals surface area contributed by atoms with Gasteiger partial charge in [-0.2, -0.15) is 0 Å². The Balaban J connectivity index is 3.14. The second-order valence-electron chi connectivity index (χ2n) is 3.72. The average molecular weight is 250 g/mol. The summed E-state index contributed by atoms with van der Waals surface area (Å²) in [6.45, 7) is 0. The van der Waals surface area contributed by atoms with Crippen LogP contribution in [0, 0.1) is 0 Å². The molecule has 4 amide bonds. The minimum Gasteiger partial charge on any atom is -0.341 e. The molecule has 0 unspecified atom stereocenters. The Hall–Kier alpha value is -2.24. The maximum Gasteiger partial charge on any atom is 0.321 e. The van der Waals surface area contributed by atoms with Gasteiger partial charge in [0.25, 0.3) is 0 Å². The van der Waals surface area contributed by atoms with E-state index < -0.39 is 0 Å². The van der Waals surface area contributed by atoms with Crippen molar-refractivity contribution in [2.75, 3.05) is 38.0 Å². The molecule has 0 saturated heterocycles. The molecule has 0 radical (unpaired) electrons. The molecule has 1 rings (SSSR count). The topological polar surface area (TPSA) is 64.7 Å². The van der Waals surface area contributed by atoms with Crippen molar-refractivity contribution in [3.8, 4) is 0 Å². The molecule has 0 aliphatic rings. The van der Waals surface area contributed by atoms with Crippen LogP contribution in [0.3, 0.4) is 0 Å². The van der Waals surface area contributed by atoms with Gasteiger partial charge in [-0.25, -0.2) is 9.59 Å². The van der Waals surface area contributed by atoms with E-state index in [4.69, 9.17) is 0 Å². The fourth-order valence-electron chi connectivity index (χ4n) is 1.59. The smallest absolute Gasteiger partial charge is 0.321 e. The largest absolute Gasteiger partial charge is 0.341 e. The highest BCUT2D eigenvalue weighted by atomic mass is 16.2. The molecule has 1 aromatic carbocycles. The Kier molecular flexibility index (Phi) is 4.53. The third kappa shape index (κ3) is 2.71. The van der Waals surface area contributed by atoms with Gasteiger partial charge in [-0.1, -0.05) is 12.1 Å². The molecule has 6 heteroatoms. The second kappa shape index (κ2) is 5.90. The number of hydrogen-bond acceptors (Lipinski definition) is 2. The number of anilines is 2. The Morgan fingerprint density at radius 3 is 1.50 bits per heavy atom. The lowest BCUT2D eigenvalue weighted by Crippen LogP contribution is -2.38. The number of benzene rings is 1. The van der Waals surface area contributed by atoms with Gasteiger partial charge in [0.2, 0.25) is 0 Å². The molecule has 0 atom stereocenters. The lowest BCUT2D eigenvalue weighted by Gasteiger charge is -2.25. The number of para-hydroxylation sites is 2. The van der Waals surface area contributed by atoms with Crippen LogP contribution in [0.15, 0.2) is 24.3 Å². The van der Waals surface area contributed by atoms with Gasteiger partial charge in [-0.3, -0.25) is 9.80 Å². The average Bonchev–Trinajstić information content (AvgIpc) is 2.43. The SMILES string of the molecule is CNC(=O)N(C)c1ccccc1N(C)C(=O)NC. The van der Waals surface area contributed by atoms with Crippen molar-refractivity contribution in [2.24, 2.45) is 0 Å². The van der Waals surface area contributed by atoms with Gasteiger partial charge in [0.15, 0.2) is 0 Å². The summed E-state index contributed by atoms with van der Waals surface area (Å²) < 4.78 is 0. The number of urea groups is 2. The maximum atomic E-state index is 11.6. The first-order valence-corrected chi connectivity index (χ1v) is 5.52. The standard InChI is InChI=1S/C12H18N4O2/c1-13-11(17)15(3)9-7-5-6-8-10(9)16(4)12(18)14-2/h5-8H,1-4H3,(H,13,17)(H,14,18). The van der Waals surface area contributed by atoms with Crippen LogP contribution >= 0.6 is 0 Å². The van der Waals surface area contributed by atoms with E-state index in [1.165, 1.54) is 9.80 Å². The van der Waals surface area contributed by atoms with Crippen LogP contribution < -0.4 is 20.4 Å². The van der Waals surface area contributed by atoms with Gasteiger partial charge in [0.1, 0.15) is 0 Å². The molecule has 0 fully saturated rings. The Bertz CT molecular complexity index is 406. The Morgan fingerprint density at radius 1 is 0.889 bits per heavy atom. The monoisotopic (exact) mass is 250 g/mol. The van der Waals surface area contributed by atoms with Gasteiger partial charge in [-0.05, 0) is 12.1 Å². The van der Waals surface area contributed by atoms with Gasteiger partial charge in [-0.15, -0.1) is 0 Å². The number of carbonyl (C=O) groups excluding carboxylic acids is 2. The lowest BCUT2D eigenvalue weighted by molar-refractivity contribution is 0.248. The van der Waals surface area contributed by atoms with E-state index in [0.29, 0.717) is 11.4 Å². The number of nitrogens with zero attached hydrogens (tertiary/aromatic N) is 2. The molecular formula is C12H18N4O2. The summed E-state index contributed by atoms with van der Waals surface area (Å²) >= 11 is 0. The molecule has 18 heavy (non-hydrogen) atoms. The number of rotatable bonds is 2. The normalized spacial score (nSPS) is 9.56. The van der Waals surface area contributed by atoms with E-state index in [-0.39, 0.29) is 12.1 Å². The van der Waals surface area contributed by atoms with E-state index >= 15 is 0 Å². The van der Waals surface area contributed by atoms with Crippen molar-refractivity contribution in [2.45, 2.75) is 0 Å². The highest BCUT2D eigenvalue weighted by Gasteiger charge is 2.17. The van der Waals surface area contributed by atoms with Crippen LogP contribution in [0.2, 0.25) is 0 Å². The van der Waals surface area contributed by atoms with E-state index in [1.54, 1.807) is 40.3 Å². The van der Waals surface area contributed by atoms with Crippen molar-refractivity contribution in [3.05, 3.63) is 24.3 Å². The van der Waals surface area contributed by atoms with E-state index in [2.05, 4.69) is 10.6 Å². The molecule has 0 aliphatic heterocycles. The molecular weight excluding hydrogens is 232 g/mol. The summed E-state index contributed by atoms with van der Waals surface area (Å²) in [5.41, 5.74) is 1.31. The molecule has 0 bridgehead atoms. The molecule has 0 heterocycles. The Labute approximate surface area is 107 Å². The predicted molar refractivity (Wildman–Crippen MR) is 72.2 cm³/mol. The quantitative estimate of drug-likeness (QED) is 0.829. The third-order valence-corrected chi connectivity index (χ3v) is 2.64. The molecule has 98 valence electrons. The molecule has 0 aromatic heterocycles. The maximum absolute atomic E-state index is 11.6. The van der Waals surface area contributed by atoms with Crippen LogP contribution in [-0.2, 0) is 0 Å². The highest BCUT2D eigenvalue weighted by Crippen LogP contribution is 2.27. The molecule has 6 nitrogen and oxygen atoms in total.